The first-order chi connectivity index (χ1) is 6.31. The SMILES string of the molecule is C=CCCC=CCCN(C)NCC. The molecule has 2 heteroatoms. The fourth-order valence-corrected chi connectivity index (χ4v) is 1.07. The van der Waals surface area contributed by atoms with Crippen LogP contribution in [0.25, 0.3) is 0 Å². The lowest BCUT2D eigenvalue weighted by atomic mass is 10.2. The zero-order valence-electron chi connectivity index (χ0n) is 8.92. The maximum absolute atomic E-state index is 3.68. The molecule has 0 heterocycles. The van der Waals surface area contributed by atoms with Gasteiger partial charge in [0, 0.05) is 20.1 Å². The van der Waals surface area contributed by atoms with Crippen LogP contribution in [0.2, 0.25) is 0 Å². The molecule has 0 aliphatic heterocycles. The molecule has 0 aromatic carbocycles. The second-order valence-corrected chi connectivity index (χ2v) is 3.06. The van der Waals surface area contributed by atoms with E-state index in [0.29, 0.717) is 0 Å². The van der Waals surface area contributed by atoms with Gasteiger partial charge in [0.1, 0.15) is 0 Å². The highest BCUT2D eigenvalue weighted by atomic mass is 15.5. The summed E-state index contributed by atoms with van der Waals surface area (Å²) in [6.45, 7) is 7.85. The van der Waals surface area contributed by atoms with Crippen LogP contribution in [0.5, 0.6) is 0 Å². The highest BCUT2D eigenvalue weighted by molar-refractivity contribution is 4.84. The van der Waals surface area contributed by atoms with Gasteiger partial charge in [-0.2, -0.15) is 0 Å². The van der Waals surface area contributed by atoms with Crippen molar-refractivity contribution < 1.29 is 0 Å². The number of hydrogen-bond donors (Lipinski definition) is 1. The van der Waals surface area contributed by atoms with Crippen molar-refractivity contribution in [2.45, 2.75) is 26.2 Å². The summed E-state index contributed by atoms with van der Waals surface area (Å²) in [5.74, 6) is 0. The first kappa shape index (κ1) is 12.4. The average molecular weight is 182 g/mol. The maximum Gasteiger partial charge on any atom is 0.0162 e. The van der Waals surface area contributed by atoms with E-state index < -0.39 is 0 Å². The number of unbranched alkanes of at least 4 members (excludes halogenated alkanes) is 1. The molecular weight excluding hydrogens is 160 g/mol. The number of hydrogen-bond acceptors (Lipinski definition) is 2. The van der Waals surface area contributed by atoms with E-state index in [0.717, 1.165) is 32.4 Å². The highest BCUT2D eigenvalue weighted by Gasteiger charge is 1.90. The third-order valence-electron chi connectivity index (χ3n) is 1.76. The summed E-state index contributed by atoms with van der Waals surface area (Å²) in [5.41, 5.74) is 3.23. The van der Waals surface area contributed by atoms with Crippen LogP contribution in [0.3, 0.4) is 0 Å². The topological polar surface area (TPSA) is 15.3 Å². The third kappa shape index (κ3) is 9.31. The van der Waals surface area contributed by atoms with Gasteiger partial charge in [0.25, 0.3) is 0 Å². The molecule has 0 amide bonds. The number of allylic oxidation sites excluding steroid dienone is 2. The molecule has 76 valence electrons. The summed E-state index contributed by atoms with van der Waals surface area (Å²) in [6.07, 6.45) is 9.72. The Kier molecular flexibility index (Phi) is 9.05. The molecule has 0 radical (unpaired) electrons. The van der Waals surface area contributed by atoms with Gasteiger partial charge in [-0.3, -0.25) is 5.43 Å². The monoisotopic (exact) mass is 182 g/mol. The smallest absolute Gasteiger partial charge is 0.0162 e. The van der Waals surface area contributed by atoms with Crippen LogP contribution in [0, 0.1) is 0 Å². The van der Waals surface area contributed by atoms with Crippen LogP contribution in [0.4, 0.5) is 0 Å². The van der Waals surface area contributed by atoms with Gasteiger partial charge < -0.3 is 0 Å². The van der Waals surface area contributed by atoms with Gasteiger partial charge in [-0.15, -0.1) is 6.58 Å². The van der Waals surface area contributed by atoms with Crippen molar-refractivity contribution in [3.8, 4) is 0 Å². The molecule has 0 rings (SSSR count). The summed E-state index contributed by atoms with van der Waals surface area (Å²) in [7, 11) is 2.07. The minimum Gasteiger partial charge on any atom is -0.256 e. The molecule has 13 heavy (non-hydrogen) atoms. The van der Waals surface area contributed by atoms with Gasteiger partial charge >= 0.3 is 0 Å². The van der Waals surface area contributed by atoms with Crippen LogP contribution in [0.15, 0.2) is 24.8 Å². The van der Waals surface area contributed by atoms with Crippen molar-refractivity contribution in [1.29, 1.82) is 0 Å². The minimum atomic E-state index is 0.997. The fourth-order valence-electron chi connectivity index (χ4n) is 1.07. The molecule has 0 aliphatic carbocycles. The Hall–Kier alpha value is -0.600. The molecule has 0 aromatic heterocycles. The molecule has 2 nitrogen and oxygen atoms in total. The van der Waals surface area contributed by atoms with E-state index in [1.165, 1.54) is 0 Å². The van der Waals surface area contributed by atoms with E-state index >= 15 is 0 Å². The largest absolute Gasteiger partial charge is 0.256 e. The zero-order chi connectivity index (χ0) is 9.94. The molecule has 0 bridgehead atoms. The van der Waals surface area contributed by atoms with E-state index in [1.807, 2.05) is 6.08 Å². The quantitative estimate of drug-likeness (QED) is 0.352. The van der Waals surface area contributed by atoms with E-state index in [4.69, 9.17) is 0 Å². The van der Waals surface area contributed by atoms with Crippen LogP contribution < -0.4 is 5.43 Å². The number of nitrogens with zero attached hydrogens (tertiary/aromatic N) is 1. The molecule has 0 saturated heterocycles. The van der Waals surface area contributed by atoms with Crippen molar-refractivity contribution in [2.75, 3.05) is 20.1 Å². The Morgan fingerprint density at radius 1 is 1.23 bits per heavy atom. The van der Waals surface area contributed by atoms with Gasteiger partial charge in [0.15, 0.2) is 0 Å². The van der Waals surface area contributed by atoms with Gasteiger partial charge in [-0.1, -0.05) is 25.2 Å². The molecule has 0 spiro atoms. The molecule has 0 unspecified atom stereocenters. The van der Waals surface area contributed by atoms with E-state index in [2.05, 4.69) is 43.1 Å². The van der Waals surface area contributed by atoms with Gasteiger partial charge in [-0.25, -0.2) is 5.01 Å². The molecule has 0 fully saturated rings. The van der Waals surface area contributed by atoms with Gasteiger partial charge in [0.2, 0.25) is 0 Å². The van der Waals surface area contributed by atoms with Crippen LogP contribution in [0.1, 0.15) is 26.2 Å². The Bertz CT molecular complexity index is 141. The standard InChI is InChI=1S/C11H22N2/c1-4-6-7-8-9-10-11-13(3)12-5-2/h4,8-9,12H,1,5-7,10-11H2,2-3H3. The van der Waals surface area contributed by atoms with E-state index in [1.54, 1.807) is 0 Å². The first-order valence-electron chi connectivity index (χ1n) is 5.01. The van der Waals surface area contributed by atoms with Crippen molar-refractivity contribution in [3.63, 3.8) is 0 Å². The molecule has 0 aliphatic rings. The average Bonchev–Trinajstić information content (AvgIpc) is 2.11. The molecular formula is C11H22N2. The van der Waals surface area contributed by atoms with Crippen molar-refractivity contribution >= 4 is 0 Å². The lowest BCUT2D eigenvalue weighted by Gasteiger charge is -2.15. The number of hydrazine groups is 1. The van der Waals surface area contributed by atoms with E-state index in [9.17, 15) is 0 Å². The normalized spacial score (nSPS) is 11.3. The Labute approximate surface area is 82.3 Å². The van der Waals surface area contributed by atoms with Crippen LogP contribution in [-0.2, 0) is 0 Å². The van der Waals surface area contributed by atoms with Crippen molar-refractivity contribution in [1.82, 2.24) is 10.4 Å². The van der Waals surface area contributed by atoms with Crippen molar-refractivity contribution in [3.05, 3.63) is 24.8 Å². The molecule has 1 N–H and O–H groups in total. The zero-order valence-corrected chi connectivity index (χ0v) is 8.92. The third-order valence-corrected chi connectivity index (χ3v) is 1.76. The first-order valence-corrected chi connectivity index (χ1v) is 5.01. The maximum atomic E-state index is 3.68. The molecule has 0 aromatic rings. The predicted octanol–water partition coefficient (Wildman–Crippen LogP) is 2.36. The lowest BCUT2D eigenvalue weighted by molar-refractivity contribution is 0.246. The predicted molar refractivity (Wildman–Crippen MR) is 59.5 cm³/mol. The van der Waals surface area contributed by atoms with Crippen LogP contribution >= 0.6 is 0 Å². The second kappa shape index (κ2) is 9.49. The summed E-state index contributed by atoms with van der Waals surface area (Å²) < 4.78 is 0. The number of nitrogens with one attached hydrogen (secondary N) is 1. The van der Waals surface area contributed by atoms with E-state index in [-0.39, 0.29) is 0 Å². The summed E-state index contributed by atoms with van der Waals surface area (Å²) in [4.78, 5) is 0. The summed E-state index contributed by atoms with van der Waals surface area (Å²) in [5, 5.41) is 2.12. The molecule has 0 saturated carbocycles. The summed E-state index contributed by atoms with van der Waals surface area (Å²) in [6, 6.07) is 0. The molecule has 0 atom stereocenters. The van der Waals surface area contributed by atoms with Gasteiger partial charge in [-0.05, 0) is 19.3 Å². The minimum absolute atomic E-state index is 0.997. The Morgan fingerprint density at radius 2 is 1.92 bits per heavy atom. The van der Waals surface area contributed by atoms with Crippen molar-refractivity contribution in [2.24, 2.45) is 0 Å². The number of rotatable bonds is 8. The van der Waals surface area contributed by atoms with Crippen LogP contribution in [-0.4, -0.2) is 25.1 Å². The second-order valence-electron chi connectivity index (χ2n) is 3.06. The summed E-state index contributed by atoms with van der Waals surface area (Å²) >= 11 is 0. The Balaban J connectivity index is 3.22. The Morgan fingerprint density at radius 3 is 2.54 bits per heavy atom. The highest BCUT2D eigenvalue weighted by Crippen LogP contribution is 1.93. The van der Waals surface area contributed by atoms with Gasteiger partial charge in [0.05, 0.1) is 0 Å². The lowest BCUT2D eigenvalue weighted by Crippen LogP contribution is -2.34. The fraction of sp³-hybridized carbons (Fsp3) is 0.636.